The molecule has 1 aromatic carbocycles. The standard InChI is InChI=1S/C16H16N2OS/c1-9-6-15(20-11(9)3)16(19)18-13-4-5-14-12(8-13)7-10(2)17-14/h4-8,17H,1-3H3,(H,18,19). The largest absolute Gasteiger partial charge is 0.359 e. The second-order valence-electron chi connectivity index (χ2n) is 5.06. The average molecular weight is 284 g/mol. The first-order chi connectivity index (χ1) is 9.52. The average Bonchev–Trinajstić information content (AvgIpc) is 2.91. The van der Waals surface area contributed by atoms with Crippen LogP contribution in [0.2, 0.25) is 0 Å². The van der Waals surface area contributed by atoms with E-state index in [0.717, 1.165) is 32.7 Å². The molecule has 3 nitrogen and oxygen atoms in total. The summed E-state index contributed by atoms with van der Waals surface area (Å²) >= 11 is 1.53. The number of aromatic nitrogens is 1. The van der Waals surface area contributed by atoms with Crippen LogP contribution in [-0.2, 0) is 0 Å². The predicted octanol–water partition coefficient (Wildman–Crippen LogP) is 4.41. The van der Waals surface area contributed by atoms with E-state index in [1.165, 1.54) is 16.2 Å². The number of hydrogen-bond donors (Lipinski definition) is 2. The third-order valence-corrected chi connectivity index (χ3v) is 4.55. The van der Waals surface area contributed by atoms with E-state index in [2.05, 4.69) is 16.4 Å². The Balaban J connectivity index is 1.86. The van der Waals surface area contributed by atoms with Gasteiger partial charge in [0.05, 0.1) is 4.88 Å². The second kappa shape index (κ2) is 4.80. The fraction of sp³-hybridized carbons (Fsp3) is 0.188. The van der Waals surface area contributed by atoms with E-state index >= 15 is 0 Å². The molecule has 3 aromatic rings. The Labute approximate surface area is 121 Å². The number of aryl methyl sites for hydroxylation is 3. The van der Waals surface area contributed by atoms with E-state index in [4.69, 9.17) is 0 Å². The molecule has 0 saturated heterocycles. The number of anilines is 1. The number of rotatable bonds is 2. The summed E-state index contributed by atoms with van der Waals surface area (Å²) in [6.45, 7) is 6.08. The number of hydrogen-bond acceptors (Lipinski definition) is 2. The van der Waals surface area contributed by atoms with Gasteiger partial charge in [0.15, 0.2) is 0 Å². The first kappa shape index (κ1) is 12.9. The van der Waals surface area contributed by atoms with Crippen molar-refractivity contribution in [2.24, 2.45) is 0 Å². The van der Waals surface area contributed by atoms with Crippen molar-refractivity contribution in [1.82, 2.24) is 4.98 Å². The van der Waals surface area contributed by atoms with Crippen LogP contribution in [-0.4, -0.2) is 10.9 Å². The second-order valence-corrected chi connectivity index (χ2v) is 6.31. The zero-order chi connectivity index (χ0) is 14.3. The first-order valence-electron chi connectivity index (χ1n) is 6.51. The van der Waals surface area contributed by atoms with Gasteiger partial charge in [-0.15, -0.1) is 11.3 Å². The molecule has 4 heteroatoms. The Kier molecular flexibility index (Phi) is 3.10. The molecule has 0 aliphatic rings. The summed E-state index contributed by atoms with van der Waals surface area (Å²) in [5, 5.41) is 4.07. The van der Waals surface area contributed by atoms with Crippen LogP contribution in [0.25, 0.3) is 10.9 Å². The molecule has 0 saturated carbocycles. The van der Waals surface area contributed by atoms with Crippen molar-refractivity contribution in [1.29, 1.82) is 0 Å². The SMILES string of the molecule is Cc1cc2cc(NC(=O)c3cc(C)c(C)s3)ccc2[nH]1. The van der Waals surface area contributed by atoms with Crippen LogP contribution in [0.5, 0.6) is 0 Å². The van der Waals surface area contributed by atoms with E-state index in [1.807, 2.05) is 45.0 Å². The lowest BCUT2D eigenvalue weighted by molar-refractivity contribution is 0.103. The molecule has 0 spiro atoms. The Morgan fingerprint density at radius 1 is 1.15 bits per heavy atom. The van der Waals surface area contributed by atoms with E-state index < -0.39 is 0 Å². The van der Waals surface area contributed by atoms with E-state index in [1.54, 1.807) is 0 Å². The van der Waals surface area contributed by atoms with Crippen molar-refractivity contribution >= 4 is 33.8 Å². The molecule has 1 amide bonds. The van der Waals surface area contributed by atoms with Crippen LogP contribution in [0.4, 0.5) is 5.69 Å². The van der Waals surface area contributed by atoms with E-state index in [0.29, 0.717) is 0 Å². The Hall–Kier alpha value is -2.07. The van der Waals surface area contributed by atoms with Gasteiger partial charge in [0.1, 0.15) is 0 Å². The van der Waals surface area contributed by atoms with Gasteiger partial charge < -0.3 is 10.3 Å². The number of benzene rings is 1. The smallest absolute Gasteiger partial charge is 0.265 e. The number of thiophene rings is 1. The zero-order valence-corrected chi connectivity index (χ0v) is 12.5. The summed E-state index contributed by atoms with van der Waals surface area (Å²) in [4.78, 5) is 17.4. The molecule has 0 aliphatic heterocycles. The maximum absolute atomic E-state index is 12.2. The normalized spacial score (nSPS) is 10.9. The third kappa shape index (κ3) is 2.34. The van der Waals surface area contributed by atoms with Gasteiger partial charge in [-0.2, -0.15) is 0 Å². The van der Waals surface area contributed by atoms with Crippen molar-refractivity contribution in [2.45, 2.75) is 20.8 Å². The van der Waals surface area contributed by atoms with Gasteiger partial charge in [-0.25, -0.2) is 0 Å². The fourth-order valence-corrected chi connectivity index (χ4v) is 3.16. The number of aromatic amines is 1. The Bertz CT molecular complexity index is 779. The van der Waals surface area contributed by atoms with Crippen LogP contribution in [0.3, 0.4) is 0 Å². The van der Waals surface area contributed by atoms with Gasteiger partial charge in [0.25, 0.3) is 5.91 Å². The van der Waals surface area contributed by atoms with Crippen LogP contribution >= 0.6 is 11.3 Å². The number of carbonyl (C=O) groups is 1. The van der Waals surface area contributed by atoms with Gasteiger partial charge in [-0.05, 0) is 56.7 Å². The topological polar surface area (TPSA) is 44.9 Å². The number of nitrogens with one attached hydrogen (secondary N) is 2. The Morgan fingerprint density at radius 3 is 2.65 bits per heavy atom. The quantitative estimate of drug-likeness (QED) is 0.719. The molecule has 0 fully saturated rings. The molecule has 0 bridgehead atoms. The highest BCUT2D eigenvalue weighted by Crippen LogP contribution is 2.23. The minimum atomic E-state index is -0.0437. The van der Waals surface area contributed by atoms with Crippen LogP contribution in [0.1, 0.15) is 25.8 Å². The molecule has 102 valence electrons. The lowest BCUT2D eigenvalue weighted by Crippen LogP contribution is -2.09. The summed E-state index contributed by atoms with van der Waals surface area (Å²) in [6.07, 6.45) is 0. The molecule has 2 aromatic heterocycles. The van der Waals surface area contributed by atoms with E-state index in [-0.39, 0.29) is 5.91 Å². The minimum Gasteiger partial charge on any atom is -0.359 e. The lowest BCUT2D eigenvalue weighted by Gasteiger charge is -2.03. The zero-order valence-electron chi connectivity index (χ0n) is 11.7. The molecular formula is C16H16N2OS. The first-order valence-corrected chi connectivity index (χ1v) is 7.32. The summed E-state index contributed by atoms with van der Waals surface area (Å²) in [5.41, 5.74) is 4.19. The summed E-state index contributed by atoms with van der Waals surface area (Å²) < 4.78 is 0. The lowest BCUT2D eigenvalue weighted by atomic mass is 10.2. The van der Waals surface area contributed by atoms with Gasteiger partial charge in [0.2, 0.25) is 0 Å². The van der Waals surface area contributed by atoms with Gasteiger partial charge in [-0.3, -0.25) is 4.79 Å². The molecule has 0 unspecified atom stereocenters. The molecule has 2 N–H and O–H groups in total. The molecule has 3 rings (SSSR count). The van der Waals surface area contributed by atoms with Gasteiger partial charge in [0, 0.05) is 27.2 Å². The van der Waals surface area contributed by atoms with Crippen LogP contribution in [0.15, 0.2) is 30.3 Å². The Morgan fingerprint density at radius 2 is 1.95 bits per heavy atom. The van der Waals surface area contributed by atoms with Gasteiger partial charge in [-0.1, -0.05) is 0 Å². The van der Waals surface area contributed by atoms with Crippen LogP contribution in [0, 0.1) is 20.8 Å². The highest BCUT2D eigenvalue weighted by atomic mass is 32.1. The van der Waals surface area contributed by atoms with Crippen molar-refractivity contribution < 1.29 is 4.79 Å². The summed E-state index contributed by atoms with van der Waals surface area (Å²) in [7, 11) is 0. The highest BCUT2D eigenvalue weighted by Gasteiger charge is 2.11. The van der Waals surface area contributed by atoms with Crippen molar-refractivity contribution in [3.63, 3.8) is 0 Å². The van der Waals surface area contributed by atoms with Gasteiger partial charge >= 0.3 is 0 Å². The van der Waals surface area contributed by atoms with Crippen molar-refractivity contribution in [3.05, 3.63) is 51.3 Å². The molecule has 0 radical (unpaired) electrons. The summed E-state index contributed by atoms with van der Waals surface area (Å²) in [5.74, 6) is -0.0437. The summed E-state index contributed by atoms with van der Waals surface area (Å²) in [6, 6.07) is 9.91. The number of H-pyrrole nitrogens is 1. The fourth-order valence-electron chi connectivity index (χ4n) is 2.23. The number of amides is 1. The predicted molar refractivity (Wildman–Crippen MR) is 84.8 cm³/mol. The van der Waals surface area contributed by atoms with E-state index in [9.17, 15) is 4.79 Å². The third-order valence-electron chi connectivity index (χ3n) is 3.40. The maximum atomic E-state index is 12.2. The number of fused-ring (bicyclic) bond motifs is 1. The molecule has 0 atom stereocenters. The van der Waals surface area contributed by atoms with Crippen molar-refractivity contribution in [3.8, 4) is 0 Å². The van der Waals surface area contributed by atoms with Crippen molar-refractivity contribution in [2.75, 3.05) is 5.32 Å². The monoisotopic (exact) mass is 284 g/mol. The molecular weight excluding hydrogens is 268 g/mol. The highest BCUT2D eigenvalue weighted by molar-refractivity contribution is 7.14. The van der Waals surface area contributed by atoms with Crippen LogP contribution < -0.4 is 5.32 Å². The maximum Gasteiger partial charge on any atom is 0.265 e. The molecule has 2 heterocycles. The minimum absolute atomic E-state index is 0.0437. The number of carbonyl (C=O) groups excluding carboxylic acids is 1. The molecule has 20 heavy (non-hydrogen) atoms. The molecule has 0 aliphatic carbocycles.